The molecule has 1 aromatic rings. The lowest BCUT2D eigenvalue weighted by molar-refractivity contribution is 0.0959. The normalized spacial score (nSPS) is 13.3. The molecule has 0 heterocycles. The van der Waals surface area contributed by atoms with Crippen LogP contribution in [0.5, 0.6) is 0 Å². The second kappa shape index (κ2) is 5.63. The first-order valence-corrected chi connectivity index (χ1v) is 7.81. The van der Waals surface area contributed by atoms with Gasteiger partial charge in [-0.05, 0) is 31.9 Å². The van der Waals surface area contributed by atoms with Crippen LogP contribution >= 0.6 is 0 Å². The molecule has 0 bridgehead atoms. The first kappa shape index (κ1) is 14.9. The van der Waals surface area contributed by atoms with E-state index in [1.165, 1.54) is 0 Å². The van der Waals surface area contributed by atoms with Crippen molar-refractivity contribution >= 4 is 15.6 Å². The molecule has 4 nitrogen and oxygen atoms in total. The van der Waals surface area contributed by atoms with Gasteiger partial charge in [-0.15, -0.1) is 0 Å². The zero-order valence-corrected chi connectivity index (χ0v) is 11.8. The van der Waals surface area contributed by atoms with Crippen molar-refractivity contribution in [2.45, 2.75) is 26.3 Å². The summed E-state index contributed by atoms with van der Waals surface area (Å²) in [5.41, 5.74) is 8.19. The van der Waals surface area contributed by atoms with Crippen LogP contribution in [0.25, 0.3) is 0 Å². The number of aryl methyl sites for hydroxylation is 2. The van der Waals surface area contributed by atoms with Crippen molar-refractivity contribution in [2.75, 3.05) is 12.0 Å². The largest absolute Gasteiger partial charge is 0.321 e. The van der Waals surface area contributed by atoms with Crippen LogP contribution in [0.4, 0.5) is 0 Å². The van der Waals surface area contributed by atoms with E-state index in [0.717, 1.165) is 17.4 Å². The van der Waals surface area contributed by atoms with E-state index >= 15 is 0 Å². The lowest BCUT2D eigenvalue weighted by Crippen LogP contribution is -2.33. The Morgan fingerprint density at radius 1 is 1.33 bits per heavy atom. The third-order valence-corrected chi connectivity index (χ3v) is 3.77. The van der Waals surface area contributed by atoms with Crippen molar-refractivity contribution in [3.8, 4) is 0 Å². The van der Waals surface area contributed by atoms with Crippen molar-refractivity contribution in [1.29, 1.82) is 0 Å². The molecule has 0 radical (unpaired) electrons. The molecule has 0 saturated heterocycles. The standard InChI is InChI=1S/C13H19NO3S/c1-9-4-5-10(2)11(8-9)13(15)12(14)6-7-18(3,16)17/h4-5,8,12H,6-7,14H2,1-3H3. The van der Waals surface area contributed by atoms with E-state index in [0.29, 0.717) is 5.56 Å². The predicted molar refractivity (Wildman–Crippen MR) is 72.5 cm³/mol. The van der Waals surface area contributed by atoms with E-state index in [4.69, 9.17) is 5.73 Å². The number of nitrogens with two attached hydrogens (primary N) is 1. The van der Waals surface area contributed by atoms with Gasteiger partial charge in [0.15, 0.2) is 5.78 Å². The van der Waals surface area contributed by atoms with Gasteiger partial charge in [-0.25, -0.2) is 8.42 Å². The number of hydrogen-bond acceptors (Lipinski definition) is 4. The molecular weight excluding hydrogens is 250 g/mol. The maximum atomic E-state index is 12.1. The Kier molecular flexibility index (Phi) is 4.65. The molecule has 5 heteroatoms. The van der Waals surface area contributed by atoms with Crippen LogP contribution in [0.15, 0.2) is 18.2 Å². The Balaban J connectivity index is 2.83. The van der Waals surface area contributed by atoms with Crippen LogP contribution in [-0.4, -0.2) is 32.3 Å². The van der Waals surface area contributed by atoms with Gasteiger partial charge in [0.05, 0.1) is 11.8 Å². The molecule has 0 aromatic heterocycles. The topological polar surface area (TPSA) is 77.2 Å². The first-order valence-electron chi connectivity index (χ1n) is 5.75. The third kappa shape index (κ3) is 4.23. The fourth-order valence-corrected chi connectivity index (χ4v) is 2.36. The molecule has 1 unspecified atom stereocenters. The summed E-state index contributed by atoms with van der Waals surface area (Å²) in [5, 5.41) is 0. The molecule has 0 aliphatic rings. The molecule has 0 spiro atoms. The minimum absolute atomic E-state index is 0.0647. The van der Waals surface area contributed by atoms with Gasteiger partial charge in [-0.2, -0.15) is 0 Å². The monoisotopic (exact) mass is 269 g/mol. The number of carbonyl (C=O) groups excluding carboxylic acids is 1. The minimum Gasteiger partial charge on any atom is -0.321 e. The summed E-state index contributed by atoms with van der Waals surface area (Å²) in [6, 6.07) is 4.82. The van der Waals surface area contributed by atoms with Crippen molar-refractivity contribution < 1.29 is 13.2 Å². The third-order valence-electron chi connectivity index (χ3n) is 2.79. The van der Waals surface area contributed by atoms with Crippen molar-refractivity contribution in [3.05, 3.63) is 34.9 Å². The van der Waals surface area contributed by atoms with E-state index in [9.17, 15) is 13.2 Å². The lowest BCUT2D eigenvalue weighted by atomic mass is 9.97. The van der Waals surface area contributed by atoms with Gasteiger partial charge >= 0.3 is 0 Å². The molecule has 1 rings (SSSR count). The number of benzene rings is 1. The van der Waals surface area contributed by atoms with E-state index in [1.54, 1.807) is 6.07 Å². The van der Waals surface area contributed by atoms with Crippen LogP contribution in [0, 0.1) is 13.8 Å². The van der Waals surface area contributed by atoms with Gasteiger partial charge in [0.2, 0.25) is 0 Å². The minimum atomic E-state index is -3.09. The molecule has 1 atom stereocenters. The Morgan fingerprint density at radius 2 is 1.94 bits per heavy atom. The smallest absolute Gasteiger partial charge is 0.179 e. The van der Waals surface area contributed by atoms with Crippen molar-refractivity contribution in [3.63, 3.8) is 0 Å². The van der Waals surface area contributed by atoms with Crippen molar-refractivity contribution in [2.24, 2.45) is 5.73 Å². The molecule has 2 N–H and O–H groups in total. The average molecular weight is 269 g/mol. The highest BCUT2D eigenvalue weighted by molar-refractivity contribution is 7.90. The Bertz CT molecular complexity index is 549. The first-order chi connectivity index (χ1) is 8.20. The van der Waals surface area contributed by atoms with Gasteiger partial charge in [0.1, 0.15) is 9.84 Å². The number of ketones is 1. The SMILES string of the molecule is Cc1ccc(C)c(C(=O)C(N)CCS(C)(=O)=O)c1. The summed E-state index contributed by atoms with van der Waals surface area (Å²) in [7, 11) is -3.09. The number of hydrogen-bond donors (Lipinski definition) is 1. The number of carbonyl (C=O) groups is 1. The Morgan fingerprint density at radius 3 is 2.50 bits per heavy atom. The second-order valence-electron chi connectivity index (χ2n) is 4.71. The number of Topliss-reactive ketones (excluding diaryl/α,β-unsaturated/α-hetero) is 1. The molecule has 0 saturated carbocycles. The van der Waals surface area contributed by atoms with Crippen LogP contribution < -0.4 is 5.73 Å². The predicted octanol–water partition coefficient (Wildman–Crippen LogP) is 1.25. The van der Waals surface area contributed by atoms with Gasteiger partial charge in [-0.1, -0.05) is 17.7 Å². The average Bonchev–Trinajstić information content (AvgIpc) is 2.27. The summed E-state index contributed by atoms with van der Waals surface area (Å²) in [4.78, 5) is 12.1. The highest BCUT2D eigenvalue weighted by Gasteiger charge is 2.19. The van der Waals surface area contributed by atoms with Crippen LogP contribution in [0.3, 0.4) is 0 Å². The number of sulfone groups is 1. The summed E-state index contributed by atoms with van der Waals surface area (Å²) in [6.07, 6.45) is 1.30. The number of rotatable bonds is 5. The molecule has 1 aromatic carbocycles. The molecule has 18 heavy (non-hydrogen) atoms. The van der Waals surface area contributed by atoms with Gasteiger partial charge in [0.25, 0.3) is 0 Å². The van der Waals surface area contributed by atoms with Crippen LogP contribution in [-0.2, 0) is 9.84 Å². The van der Waals surface area contributed by atoms with Crippen LogP contribution in [0.2, 0.25) is 0 Å². The second-order valence-corrected chi connectivity index (χ2v) is 6.97. The van der Waals surface area contributed by atoms with Crippen LogP contribution in [0.1, 0.15) is 27.9 Å². The molecule has 0 amide bonds. The molecular formula is C13H19NO3S. The molecule has 0 aliphatic heterocycles. The molecule has 0 aliphatic carbocycles. The van der Waals surface area contributed by atoms with Crippen molar-refractivity contribution in [1.82, 2.24) is 0 Å². The zero-order chi connectivity index (χ0) is 13.9. The maximum Gasteiger partial charge on any atom is 0.179 e. The highest BCUT2D eigenvalue weighted by atomic mass is 32.2. The lowest BCUT2D eigenvalue weighted by Gasteiger charge is -2.12. The van der Waals surface area contributed by atoms with E-state index < -0.39 is 15.9 Å². The Labute approximate surface area is 108 Å². The molecule has 100 valence electrons. The molecule has 0 fully saturated rings. The summed E-state index contributed by atoms with van der Waals surface area (Å²) < 4.78 is 22.1. The fourth-order valence-electron chi connectivity index (χ4n) is 1.67. The highest BCUT2D eigenvalue weighted by Crippen LogP contribution is 2.13. The summed E-state index contributed by atoms with van der Waals surface area (Å²) in [5.74, 6) is -0.259. The van der Waals surface area contributed by atoms with Gasteiger partial charge < -0.3 is 5.73 Å². The van der Waals surface area contributed by atoms with E-state index in [1.807, 2.05) is 26.0 Å². The quantitative estimate of drug-likeness (QED) is 0.816. The summed E-state index contributed by atoms with van der Waals surface area (Å²) >= 11 is 0. The zero-order valence-electron chi connectivity index (χ0n) is 10.9. The fraction of sp³-hybridized carbons (Fsp3) is 0.462. The van der Waals surface area contributed by atoms with Gasteiger partial charge in [0, 0.05) is 11.8 Å². The maximum absolute atomic E-state index is 12.1. The van der Waals surface area contributed by atoms with E-state index in [2.05, 4.69) is 0 Å². The summed E-state index contributed by atoms with van der Waals surface area (Å²) in [6.45, 7) is 3.74. The van der Waals surface area contributed by atoms with E-state index in [-0.39, 0.29) is 18.0 Å². The van der Waals surface area contributed by atoms with Gasteiger partial charge in [-0.3, -0.25) is 4.79 Å². The Hall–Kier alpha value is -1.20.